The number of likely N-dealkylation sites (N-methyl/N-ethyl adjacent to an activating group) is 2. The summed E-state index contributed by atoms with van der Waals surface area (Å²) in [6, 6.07) is -0.770. The molecule has 0 aliphatic carbocycles. The summed E-state index contributed by atoms with van der Waals surface area (Å²) in [6.45, 7) is 10.9. The first-order valence-electron chi connectivity index (χ1n) is 14.7. The fraction of sp³-hybridized carbons (Fsp3) is 0.862. The van der Waals surface area contributed by atoms with Gasteiger partial charge in [0.1, 0.15) is 11.6 Å². The molecule has 14 heteroatoms. The number of carbonyl (C=O) groups excluding carboxylic acids is 4. The molecule has 0 rings (SSSR count). The van der Waals surface area contributed by atoms with E-state index in [1.165, 1.54) is 0 Å². The van der Waals surface area contributed by atoms with Gasteiger partial charge in [-0.25, -0.2) is 12.6 Å². The summed E-state index contributed by atoms with van der Waals surface area (Å²) >= 11 is 0. The van der Waals surface area contributed by atoms with Crippen LogP contribution in [0.1, 0.15) is 125 Å². The summed E-state index contributed by atoms with van der Waals surface area (Å²) in [5.74, 6) is 0.905. The van der Waals surface area contributed by atoms with Crippen LogP contribution in [0.4, 0.5) is 0 Å². The molecule has 0 spiro atoms. The van der Waals surface area contributed by atoms with E-state index >= 15 is 0 Å². The second-order valence-corrected chi connectivity index (χ2v) is 14.3. The van der Waals surface area contributed by atoms with Gasteiger partial charge in [-0.15, -0.1) is 0 Å². The molecule has 252 valence electrons. The maximum Gasteiger partial charge on any atom is 0.132 e. The van der Waals surface area contributed by atoms with Gasteiger partial charge in [0.2, 0.25) is 0 Å². The number of nitrogens with zero attached hydrogens (tertiary/aromatic N) is 2. The van der Waals surface area contributed by atoms with Gasteiger partial charge >= 0.3 is 0 Å². The van der Waals surface area contributed by atoms with E-state index in [0.717, 1.165) is 64.2 Å². The van der Waals surface area contributed by atoms with E-state index in [4.69, 9.17) is 0 Å². The second-order valence-electron chi connectivity index (χ2n) is 10.8. The first-order valence-corrected chi connectivity index (χ1v) is 20.2. The van der Waals surface area contributed by atoms with Crippen LogP contribution >= 0.6 is 54.5 Å². The summed E-state index contributed by atoms with van der Waals surface area (Å²) in [6.07, 6.45) is 17.0. The van der Waals surface area contributed by atoms with Crippen LogP contribution in [0.3, 0.4) is 0 Å². The molecule has 0 bridgehead atoms. The number of ketones is 2. The van der Waals surface area contributed by atoms with Gasteiger partial charge in [0.15, 0.2) is 0 Å². The van der Waals surface area contributed by atoms with Gasteiger partial charge in [0, 0.05) is 78.3 Å². The minimum Gasteiger partial charge on any atom is -0.540 e. The van der Waals surface area contributed by atoms with Gasteiger partial charge in [-0.05, 0) is 74.4 Å². The molecule has 43 heavy (non-hydrogen) atoms. The van der Waals surface area contributed by atoms with Crippen LogP contribution in [0.5, 0.6) is 0 Å². The zero-order valence-electron chi connectivity index (χ0n) is 28.4. The van der Waals surface area contributed by atoms with Crippen LogP contribution in [-0.4, -0.2) is 59.7 Å². The minimum absolute atomic E-state index is 0. The predicted molar refractivity (Wildman–Crippen MR) is 202 cm³/mol. The monoisotopic (exact) mass is 868 g/mol. The topological polar surface area (TPSA) is 74.8 Å². The molecular formula is C29H64N2O4P6Y2-2. The number of rotatable bonds is 24. The summed E-state index contributed by atoms with van der Waals surface area (Å²) in [5, 5.41) is 0. The van der Waals surface area contributed by atoms with E-state index in [-0.39, 0.29) is 108 Å². The maximum atomic E-state index is 12.5. The van der Waals surface area contributed by atoms with E-state index in [9.17, 15) is 19.2 Å². The van der Waals surface area contributed by atoms with Crippen molar-refractivity contribution in [3.8, 4) is 0 Å². The number of hydrogen-bond donors (Lipinski definition) is 0. The Balaban J connectivity index is -0.000000147. The van der Waals surface area contributed by atoms with E-state index in [1.54, 1.807) is 0 Å². The molecule has 0 heterocycles. The van der Waals surface area contributed by atoms with Gasteiger partial charge in [-0.3, -0.25) is 9.59 Å². The van der Waals surface area contributed by atoms with Crippen molar-refractivity contribution in [2.24, 2.45) is 11.3 Å². The van der Waals surface area contributed by atoms with Crippen LogP contribution in [0.25, 0.3) is 0 Å². The summed E-state index contributed by atoms with van der Waals surface area (Å²) in [5.41, 5.74) is 0.143. The molecule has 0 fully saturated rings. The standard InChI is InChI=1S/C16H32NO2P2.C13H26NO2P2.2H3P.2Y/c1-5-8-16(9-6-2,10-7-3)12-15(19)11-14(13-18)17(4)21-20;1-4-6-11(7-5-2)8-13(16)9-12(10-15)14(3)18-17;;;;/h14,21H,5-12,20H2,1-4H3;11-12,18H,4-9,17H2,1-3H3;2*1H3;;/q2*-1;;;;. The smallest absolute Gasteiger partial charge is 0.132 e. The van der Waals surface area contributed by atoms with Crippen molar-refractivity contribution in [2.75, 3.05) is 14.1 Å². The molecule has 2 radical (unpaired) electrons. The molecule has 0 aromatic carbocycles. The molecule has 0 N–H and O–H groups in total. The third-order valence-corrected chi connectivity index (χ3v) is 11.2. The normalized spacial score (nSPS) is 12.6. The zero-order valence-corrected chi connectivity index (χ0v) is 41.2. The summed E-state index contributed by atoms with van der Waals surface area (Å²) < 4.78 is 3.75. The molecule has 6 nitrogen and oxygen atoms in total. The largest absolute Gasteiger partial charge is 0.540 e. The van der Waals surface area contributed by atoms with Crippen molar-refractivity contribution < 1.29 is 84.6 Å². The summed E-state index contributed by atoms with van der Waals surface area (Å²) in [4.78, 5) is 46.4. The molecule has 0 aliphatic rings. The van der Waals surface area contributed by atoms with Crippen LogP contribution in [0, 0.1) is 11.3 Å². The fourth-order valence-corrected chi connectivity index (χ4v) is 7.15. The van der Waals surface area contributed by atoms with Crippen molar-refractivity contribution in [3.05, 3.63) is 0 Å². The van der Waals surface area contributed by atoms with Crippen molar-refractivity contribution in [1.29, 1.82) is 0 Å². The Bertz CT molecular complexity index is 664. The Hall–Kier alpha value is 3.39. The first kappa shape index (κ1) is 58.6. The van der Waals surface area contributed by atoms with Crippen LogP contribution in [-0.2, 0) is 84.6 Å². The number of Topliss-reactive ketones (excluding diaryl/α,β-unsaturated/α-hetero) is 2. The predicted octanol–water partition coefficient (Wildman–Crippen LogP) is 7.97. The van der Waals surface area contributed by atoms with Gasteiger partial charge in [0.25, 0.3) is 0 Å². The number of carbonyl (C=O) groups is 2. The first-order chi connectivity index (χ1) is 18.6. The van der Waals surface area contributed by atoms with Gasteiger partial charge < -0.3 is 18.9 Å². The Morgan fingerprint density at radius 1 is 0.674 bits per heavy atom. The van der Waals surface area contributed by atoms with Crippen molar-refractivity contribution >= 4 is 78.6 Å². The van der Waals surface area contributed by atoms with Gasteiger partial charge in [-0.2, -0.15) is 19.8 Å². The second kappa shape index (κ2) is 38.2. The Morgan fingerprint density at radius 2 is 1.02 bits per heavy atom. The molecular weight excluding hydrogens is 804 g/mol. The molecule has 0 saturated heterocycles. The van der Waals surface area contributed by atoms with E-state index < -0.39 is 6.04 Å². The van der Waals surface area contributed by atoms with Gasteiger partial charge in [-0.1, -0.05) is 110 Å². The van der Waals surface area contributed by atoms with E-state index in [1.807, 2.05) is 36.0 Å². The molecule has 0 amide bonds. The fourth-order valence-electron chi connectivity index (χ4n) is 5.42. The summed E-state index contributed by atoms with van der Waals surface area (Å²) in [7, 11) is 9.80. The maximum absolute atomic E-state index is 12.5. The third-order valence-electron chi connectivity index (χ3n) is 7.28. The van der Waals surface area contributed by atoms with Gasteiger partial charge in [0.05, 0.1) is 0 Å². The van der Waals surface area contributed by atoms with Crippen molar-refractivity contribution in [1.82, 2.24) is 9.34 Å². The number of hydrogen-bond acceptors (Lipinski definition) is 6. The van der Waals surface area contributed by atoms with E-state index in [2.05, 4.69) is 52.5 Å². The molecule has 0 aromatic heterocycles. The van der Waals surface area contributed by atoms with Crippen molar-refractivity contribution in [2.45, 2.75) is 137 Å². The minimum atomic E-state index is -0.393. The molecule has 0 aromatic rings. The zero-order chi connectivity index (χ0) is 30.3. The average Bonchev–Trinajstić information content (AvgIpc) is 2.90. The molecule has 0 aliphatic heterocycles. The van der Waals surface area contributed by atoms with Crippen LogP contribution in [0.15, 0.2) is 0 Å². The Kier molecular flexibility index (Phi) is 52.0. The average molecular weight is 868 g/mol. The molecule has 8 atom stereocenters. The Labute approximate surface area is 331 Å². The van der Waals surface area contributed by atoms with Crippen LogP contribution < -0.4 is 0 Å². The van der Waals surface area contributed by atoms with Crippen LogP contribution in [0.2, 0.25) is 0 Å². The quantitative estimate of drug-likeness (QED) is 0.0725. The Morgan fingerprint density at radius 3 is 1.30 bits per heavy atom. The molecule has 0 saturated carbocycles. The third kappa shape index (κ3) is 28.9. The SMILES string of the molecule is CCCC(CCC)(CCC)CC(=O)CC([C-]=O)N(C)PP.CCCC(CCC)CC(=O)CC([C-]=O)N(C)PP.P.P.[Y].[Y]. The van der Waals surface area contributed by atoms with E-state index in [0.29, 0.717) is 48.4 Å². The van der Waals surface area contributed by atoms with Crippen molar-refractivity contribution in [3.63, 3.8) is 0 Å². The molecule has 8 unspecified atom stereocenters.